The van der Waals surface area contributed by atoms with Gasteiger partial charge >= 0.3 is 0 Å². The molecule has 1 nitrogen and oxygen atoms in total. The lowest BCUT2D eigenvalue weighted by Crippen LogP contribution is -2.28. The molecule has 80 valence electrons. The van der Waals surface area contributed by atoms with E-state index in [4.69, 9.17) is 11.6 Å². The summed E-state index contributed by atoms with van der Waals surface area (Å²) in [5.41, 5.74) is 1.71. The molecule has 2 saturated carbocycles. The van der Waals surface area contributed by atoms with Crippen LogP contribution in [0.5, 0.6) is 0 Å². The van der Waals surface area contributed by atoms with Gasteiger partial charge in [0.1, 0.15) is 0 Å². The lowest BCUT2D eigenvalue weighted by Gasteiger charge is -2.17. The third kappa shape index (κ3) is 1.91. The van der Waals surface area contributed by atoms with Crippen molar-refractivity contribution in [3.63, 3.8) is 0 Å². The van der Waals surface area contributed by atoms with Crippen molar-refractivity contribution in [1.82, 2.24) is 5.32 Å². The Hall–Kier alpha value is -0.530. The van der Waals surface area contributed by atoms with Crippen LogP contribution in [-0.4, -0.2) is 12.6 Å². The molecule has 2 fully saturated rings. The van der Waals surface area contributed by atoms with Crippen LogP contribution in [0.4, 0.5) is 0 Å². The summed E-state index contributed by atoms with van der Waals surface area (Å²) < 4.78 is 0. The van der Waals surface area contributed by atoms with Crippen LogP contribution in [0.2, 0.25) is 5.02 Å². The van der Waals surface area contributed by atoms with E-state index in [2.05, 4.69) is 17.4 Å². The second-order valence-electron chi connectivity index (χ2n) is 4.92. The van der Waals surface area contributed by atoms with Crippen molar-refractivity contribution in [2.24, 2.45) is 0 Å². The lowest BCUT2D eigenvalue weighted by molar-refractivity contribution is 0.572. The van der Waals surface area contributed by atoms with Gasteiger partial charge in [0.2, 0.25) is 0 Å². The molecule has 0 atom stereocenters. The summed E-state index contributed by atoms with van der Waals surface area (Å²) in [4.78, 5) is 0. The Bertz CT molecular complexity index is 367. The molecule has 0 radical (unpaired) electrons. The van der Waals surface area contributed by atoms with Gasteiger partial charge in [-0.1, -0.05) is 29.8 Å². The van der Waals surface area contributed by atoms with E-state index in [1.165, 1.54) is 31.2 Å². The summed E-state index contributed by atoms with van der Waals surface area (Å²) in [6.07, 6.45) is 5.30. The summed E-state index contributed by atoms with van der Waals surface area (Å²) in [7, 11) is 0. The molecule has 0 saturated heterocycles. The maximum atomic E-state index is 6.25. The van der Waals surface area contributed by atoms with Crippen LogP contribution in [-0.2, 0) is 5.41 Å². The summed E-state index contributed by atoms with van der Waals surface area (Å²) >= 11 is 6.25. The normalized spacial score (nSPS) is 22.7. The van der Waals surface area contributed by atoms with Gasteiger partial charge in [0.25, 0.3) is 0 Å². The molecular formula is C13H16ClN. The first kappa shape index (κ1) is 9.68. The van der Waals surface area contributed by atoms with Crippen molar-refractivity contribution < 1.29 is 0 Å². The van der Waals surface area contributed by atoms with Crippen LogP contribution < -0.4 is 5.32 Å². The lowest BCUT2D eigenvalue weighted by atomic mass is 9.96. The molecule has 15 heavy (non-hydrogen) atoms. The van der Waals surface area contributed by atoms with Gasteiger partial charge in [-0.25, -0.2) is 0 Å². The first-order chi connectivity index (χ1) is 7.30. The van der Waals surface area contributed by atoms with Gasteiger partial charge in [-0.15, -0.1) is 0 Å². The molecule has 1 N–H and O–H groups in total. The third-order valence-corrected chi connectivity index (χ3v) is 3.93. The van der Waals surface area contributed by atoms with Crippen LogP contribution in [0, 0.1) is 0 Å². The van der Waals surface area contributed by atoms with Gasteiger partial charge in [0, 0.05) is 23.0 Å². The minimum absolute atomic E-state index is 0.362. The average molecular weight is 222 g/mol. The highest BCUT2D eigenvalue weighted by Gasteiger charge is 2.45. The fraction of sp³-hybridized carbons (Fsp3) is 0.538. The minimum Gasteiger partial charge on any atom is -0.313 e. The maximum Gasteiger partial charge on any atom is 0.0444 e. The Morgan fingerprint density at radius 2 is 2.00 bits per heavy atom. The van der Waals surface area contributed by atoms with Gasteiger partial charge < -0.3 is 5.32 Å². The van der Waals surface area contributed by atoms with E-state index in [-0.39, 0.29) is 0 Å². The van der Waals surface area contributed by atoms with Crippen LogP contribution in [0.25, 0.3) is 0 Å². The van der Waals surface area contributed by atoms with Crippen LogP contribution in [0.1, 0.15) is 31.2 Å². The SMILES string of the molecule is Clc1ccccc1C1(CNC2CC2)CC1. The Balaban J connectivity index is 1.76. The Kier molecular flexibility index (Phi) is 2.26. The fourth-order valence-corrected chi connectivity index (χ4v) is 2.55. The molecular weight excluding hydrogens is 206 g/mol. The molecule has 0 spiro atoms. The topological polar surface area (TPSA) is 12.0 Å². The van der Waals surface area contributed by atoms with E-state index in [9.17, 15) is 0 Å². The molecule has 2 heteroatoms. The highest BCUT2D eigenvalue weighted by atomic mass is 35.5. The molecule has 1 aromatic carbocycles. The molecule has 0 bridgehead atoms. The zero-order valence-corrected chi connectivity index (χ0v) is 9.56. The molecule has 1 aromatic rings. The van der Waals surface area contributed by atoms with Crippen molar-refractivity contribution >= 4 is 11.6 Å². The second kappa shape index (κ2) is 3.50. The average Bonchev–Trinajstić information content (AvgIpc) is 3.12. The first-order valence-electron chi connectivity index (χ1n) is 5.79. The van der Waals surface area contributed by atoms with Gasteiger partial charge in [-0.3, -0.25) is 0 Å². The van der Waals surface area contributed by atoms with Crippen molar-refractivity contribution in [3.05, 3.63) is 34.9 Å². The van der Waals surface area contributed by atoms with Crippen molar-refractivity contribution in [3.8, 4) is 0 Å². The summed E-state index contributed by atoms with van der Waals surface area (Å²) in [6, 6.07) is 9.09. The fourth-order valence-electron chi connectivity index (χ4n) is 2.21. The smallest absolute Gasteiger partial charge is 0.0444 e. The van der Waals surface area contributed by atoms with E-state index in [1.807, 2.05) is 12.1 Å². The van der Waals surface area contributed by atoms with Gasteiger partial charge in [0.05, 0.1) is 0 Å². The number of benzene rings is 1. The van der Waals surface area contributed by atoms with E-state index < -0.39 is 0 Å². The highest BCUT2D eigenvalue weighted by molar-refractivity contribution is 6.31. The van der Waals surface area contributed by atoms with Crippen molar-refractivity contribution in [1.29, 1.82) is 0 Å². The molecule has 0 amide bonds. The van der Waals surface area contributed by atoms with Crippen LogP contribution in [0.3, 0.4) is 0 Å². The molecule has 0 aliphatic heterocycles. The number of halogens is 1. The van der Waals surface area contributed by atoms with Crippen molar-refractivity contribution in [2.45, 2.75) is 37.1 Å². The van der Waals surface area contributed by atoms with Crippen molar-refractivity contribution in [2.75, 3.05) is 6.54 Å². The predicted molar refractivity (Wildman–Crippen MR) is 63.4 cm³/mol. The van der Waals surface area contributed by atoms with E-state index in [0.717, 1.165) is 17.6 Å². The Morgan fingerprint density at radius 3 is 2.60 bits per heavy atom. The van der Waals surface area contributed by atoms with Gasteiger partial charge in [0.15, 0.2) is 0 Å². The summed E-state index contributed by atoms with van der Waals surface area (Å²) in [5, 5.41) is 4.56. The minimum atomic E-state index is 0.362. The molecule has 2 aliphatic carbocycles. The van der Waals surface area contributed by atoms with Crippen LogP contribution >= 0.6 is 11.6 Å². The predicted octanol–water partition coefficient (Wildman–Crippen LogP) is 3.12. The molecule has 0 heterocycles. The summed E-state index contributed by atoms with van der Waals surface area (Å²) in [5.74, 6) is 0. The molecule has 2 aliphatic rings. The molecule has 3 rings (SSSR count). The first-order valence-corrected chi connectivity index (χ1v) is 6.16. The number of nitrogens with one attached hydrogen (secondary N) is 1. The Morgan fingerprint density at radius 1 is 1.27 bits per heavy atom. The van der Waals surface area contributed by atoms with Gasteiger partial charge in [-0.05, 0) is 37.3 Å². The van der Waals surface area contributed by atoms with E-state index in [0.29, 0.717) is 5.41 Å². The van der Waals surface area contributed by atoms with E-state index >= 15 is 0 Å². The van der Waals surface area contributed by atoms with Gasteiger partial charge in [-0.2, -0.15) is 0 Å². The largest absolute Gasteiger partial charge is 0.313 e. The number of hydrogen-bond donors (Lipinski definition) is 1. The second-order valence-corrected chi connectivity index (χ2v) is 5.32. The monoisotopic (exact) mass is 221 g/mol. The summed E-state index contributed by atoms with van der Waals surface area (Å²) in [6.45, 7) is 1.11. The third-order valence-electron chi connectivity index (χ3n) is 3.61. The highest BCUT2D eigenvalue weighted by Crippen LogP contribution is 2.50. The molecule has 0 unspecified atom stereocenters. The number of hydrogen-bond acceptors (Lipinski definition) is 1. The number of rotatable bonds is 4. The Labute approximate surface area is 95.8 Å². The molecule has 0 aromatic heterocycles. The zero-order chi connectivity index (χ0) is 10.3. The zero-order valence-electron chi connectivity index (χ0n) is 8.80. The maximum absolute atomic E-state index is 6.25. The van der Waals surface area contributed by atoms with E-state index in [1.54, 1.807) is 0 Å². The van der Waals surface area contributed by atoms with Crippen LogP contribution in [0.15, 0.2) is 24.3 Å². The quantitative estimate of drug-likeness (QED) is 0.824. The standard InChI is InChI=1S/C13H16ClN/c14-12-4-2-1-3-11(12)13(7-8-13)9-15-10-5-6-10/h1-4,10,15H,5-9H2.